The summed E-state index contributed by atoms with van der Waals surface area (Å²) in [5.41, 5.74) is 0. The SMILES string of the molecule is CNC(=O)C1CCCCC1C(F)(F)F. The van der Waals surface area contributed by atoms with E-state index in [1.807, 2.05) is 0 Å². The number of nitrogens with one attached hydrogen (secondary N) is 1. The van der Waals surface area contributed by atoms with Crippen LogP contribution in [0.2, 0.25) is 0 Å². The minimum Gasteiger partial charge on any atom is -0.359 e. The molecule has 1 aliphatic rings. The maximum Gasteiger partial charge on any atom is 0.392 e. The molecule has 0 bridgehead atoms. The highest BCUT2D eigenvalue weighted by Crippen LogP contribution is 2.41. The molecule has 2 atom stereocenters. The molecule has 0 aliphatic heterocycles. The predicted octanol–water partition coefficient (Wildman–Crippen LogP) is 2.10. The lowest BCUT2D eigenvalue weighted by Crippen LogP contribution is -2.41. The van der Waals surface area contributed by atoms with Gasteiger partial charge in [0.25, 0.3) is 0 Å². The highest BCUT2D eigenvalue weighted by atomic mass is 19.4. The molecular formula is C9H14F3NO. The normalized spacial score (nSPS) is 28.6. The second-order valence-corrected chi connectivity index (χ2v) is 3.65. The molecule has 1 fully saturated rings. The molecule has 2 nitrogen and oxygen atoms in total. The molecule has 14 heavy (non-hydrogen) atoms. The van der Waals surface area contributed by atoms with Crippen LogP contribution in [0.25, 0.3) is 0 Å². The summed E-state index contributed by atoms with van der Waals surface area (Å²) in [5.74, 6) is -2.81. The third-order valence-electron chi connectivity index (χ3n) is 2.77. The summed E-state index contributed by atoms with van der Waals surface area (Å²) in [6.07, 6.45) is -2.52. The van der Waals surface area contributed by atoms with Gasteiger partial charge in [-0.25, -0.2) is 0 Å². The topological polar surface area (TPSA) is 29.1 Å². The van der Waals surface area contributed by atoms with Gasteiger partial charge in [-0.15, -0.1) is 0 Å². The number of carbonyl (C=O) groups excluding carboxylic acids is 1. The quantitative estimate of drug-likeness (QED) is 0.704. The van der Waals surface area contributed by atoms with Gasteiger partial charge in [-0.1, -0.05) is 12.8 Å². The summed E-state index contributed by atoms with van der Waals surface area (Å²) in [4.78, 5) is 11.2. The lowest BCUT2D eigenvalue weighted by Gasteiger charge is -2.31. The van der Waals surface area contributed by atoms with Crippen molar-refractivity contribution in [2.75, 3.05) is 7.05 Å². The Labute approximate surface area is 80.9 Å². The van der Waals surface area contributed by atoms with Crippen LogP contribution in [0.1, 0.15) is 25.7 Å². The van der Waals surface area contributed by atoms with E-state index in [9.17, 15) is 18.0 Å². The molecule has 1 rings (SSSR count). The van der Waals surface area contributed by atoms with Crippen molar-refractivity contribution in [1.82, 2.24) is 5.32 Å². The van der Waals surface area contributed by atoms with Crippen LogP contribution in [0.3, 0.4) is 0 Å². The first kappa shape index (κ1) is 11.3. The maximum atomic E-state index is 12.5. The molecule has 5 heteroatoms. The minimum atomic E-state index is -4.24. The van der Waals surface area contributed by atoms with Crippen LogP contribution >= 0.6 is 0 Å². The van der Waals surface area contributed by atoms with Crippen molar-refractivity contribution in [1.29, 1.82) is 0 Å². The fourth-order valence-corrected chi connectivity index (χ4v) is 2.02. The number of hydrogen-bond donors (Lipinski definition) is 1. The van der Waals surface area contributed by atoms with Gasteiger partial charge in [0.05, 0.1) is 5.92 Å². The summed E-state index contributed by atoms with van der Waals surface area (Å²) in [6.45, 7) is 0. The minimum absolute atomic E-state index is 0.0849. The van der Waals surface area contributed by atoms with Crippen LogP contribution < -0.4 is 5.32 Å². The van der Waals surface area contributed by atoms with E-state index in [-0.39, 0.29) is 6.42 Å². The van der Waals surface area contributed by atoms with Crippen LogP contribution in [0, 0.1) is 11.8 Å². The first-order chi connectivity index (χ1) is 6.46. The monoisotopic (exact) mass is 209 g/mol. The van der Waals surface area contributed by atoms with Crippen molar-refractivity contribution in [3.05, 3.63) is 0 Å². The zero-order chi connectivity index (χ0) is 10.8. The van der Waals surface area contributed by atoms with Gasteiger partial charge in [0.1, 0.15) is 0 Å². The standard InChI is InChI=1S/C9H14F3NO/c1-13-8(14)6-4-2-3-5-7(6)9(10,11)12/h6-7H,2-5H2,1H3,(H,13,14). The van der Waals surface area contributed by atoms with Crippen molar-refractivity contribution in [2.24, 2.45) is 11.8 Å². The van der Waals surface area contributed by atoms with Crippen molar-refractivity contribution in [3.8, 4) is 0 Å². The summed E-state index contributed by atoms with van der Waals surface area (Å²) < 4.78 is 37.5. The lowest BCUT2D eigenvalue weighted by atomic mass is 9.78. The lowest BCUT2D eigenvalue weighted by molar-refractivity contribution is -0.198. The summed E-state index contributed by atoms with van der Waals surface area (Å²) >= 11 is 0. The summed E-state index contributed by atoms with van der Waals surface area (Å²) in [7, 11) is 1.38. The van der Waals surface area contributed by atoms with E-state index in [0.717, 1.165) is 0 Å². The van der Waals surface area contributed by atoms with Crippen molar-refractivity contribution in [3.63, 3.8) is 0 Å². The second-order valence-electron chi connectivity index (χ2n) is 3.65. The first-order valence-electron chi connectivity index (χ1n) is 4.75. The Morgan fingerprint density at radius 2 is 1.86 bits per heavy atom. The number of hydrogen-bond acceptors (Lipinski definition) is 1. The fraction of sp³-hybridized carbons (Fsp3) is 0.889. The molecule has 0 aromatic heterocycles. The van der Waals surface area contributed by atoms with Gasteiger partial charge in [-0.3, -0.25) is 4.79 Å². The smallest absolute Gasteiger partial charge is 0.359 e. The highest BCUT2D eigenvalue weighted by molar-refractivity contribution is 5.78. The fourth-order valence-electron chi connectivity index (χ4n) is 2.02. The van der Waals surface area contributed by atoms with E-state index >= 15 is 0 Å². The zero-order valence-electron chi connectivity index (χ0n) is 8.03. The number of carbonyl (C=O) groups is 1. The van der Waals surface area contributed by atoms with Gasteiger partial charge in [-0.2, -0.15) is 13.2 Å². The van der Waals surface area contributed by atoms with Crippen LogP contribution in [-0.4, -0.2) is 19.1 Å². The number of halogens is 3. The van der Waals surface area contributed by atoms with E-state index in [0.29, 0.717) is 19.3 Å². The van der Waals surface area contributed by atoms with E-state index in [1.165, 1.54) is 7.05 Å². The van der Waals surface area contributed by atoms with Gasteiger partial charge >= 0.3 is 6.18 Å². The third-order valence-corrected chi connectivity index (χ3v) is 2.77. The summed E-state index contributed by atoms with van der Waals surface area (Å²) in [6, 6.07) is 0. The van der Waals surface area contributed by atoms with Crippen molar-refractivity contribution in [2.45, 2.75) is 31.9 Å². The molecule has 1 aliphatic carbocycles. The Hall–Kier alpha value is -0.740. The van der Waals surface area contributed by atoms with Gasteiger partial charge in [0, 0.05) is 13.0 Å². The van der Waals surface area contributed by atoms with E-state index in [4.69, 9.17) is 0 Å². The van der Waals surface area contributed by atoms with Crippen LogP contribution in [0.4, 0.5) is 13.2 Å². The Balaban J connectivity index is 2.74. The second kappa shape index (κ2) is 4.19. The number of alkyl halides is 3. The van der Waals surface area contributed by atoms with Crippen LogP contribution in [-0.2, 0) is 4.79 Å². The number of amides is 1. The molecule has 2 unspecified atom stereocenters. The average molecular weight is 209 g/mol. The van der Waals surface area contributed by atoms with E-state index < -0.39 is 23.9 Å². The molecule has 0 radical (unpaired) electrons. The zero-order valence-corrected chi connectivity index (χ0v) is 8.03. The van der Waals surface area contributed by atoms with Gasteiger partial charge in [-0.05, 0) is 12.8 Å². The molecule has 1 saturated carbocycles. The van der Waals surface area contributed by atoms with Crippen LogP contribution in [0.15, 0.2) is 0 Å². The van der Waals surface area contributed by atoms with E-state index in [1.54, 1.807) is 0 Å². The van der Waals surface area contributed by atoms with Crippen molar-refractivity contribution < 1.29 is 18.0 Å². The Morgan fingerprint density at radius 3 is 2.36 bits per heavy atom. The molecule has 0 aromatic carbocycles. The van der Waals surface area contributed by atoms with E-state index in [2.05, 4.69) is 5.32 Å². The number of rotatable bonds is 1. The molecule has 1 amide bonds. The average Bonchev–Trinajstić information content (AvgIpc) is 2.15. The predicted molar refractivity (Wildman–Crippen MR) is 45.6 cm³/mol. The largest absolute Gasteiger partial charge is 0.392 e. The van der Waals surface area contributed by atoms with Gasteiger partial charge in [0.2, 0.25) is 5.91 Å². The Kier molecular flexibility index (Phi) is 3.39. The molecule has 0 aromatic rings. The molecule has 0 heterocycles. The maximum absolute atomic E-state index is 12.5. The van der Waals surface area contributed by atoms with Gasteiger partial charge in [0.15, 0.2) is 0 Å². The Bertz CT molecular complexity index is 215. The third kappa shape index (κ3) is 2.39. The van der Waals surface area contributed by atoms with Crippen molar-refractivity contribution >= 4 is 5.91 Å². The highest BCUT2D eigenvalue weighted by Gasteiger charge is 2.47. The Morgan fingerprint density at radius 1 is 1.29 bits per heavy atom. The molecule has 1 N–H and O–H groups in total. The van der Waals surface area contributed by atoms with Gasteiger partial charge < -0.3 is 5.32 Å². The first-order valence-corrected chi connectivity index (χ1v) is 4.75. The molecule has 0 saturated heterocycles. The van der Waals surface area contributed by atoms with Crippen LogP contribution in [0.5, 0.6) is 0 Å². The molecular weight excluding hydrogens is 195 g/mol. The molecule has 82 valence electrons. The summed E-state index contributed by atoms with van der Waals surface area (Å²) in [5, 5.41) is 2.30. The molecule has 0 spiro atoms.